The van der Waals surface area contributed by atoms with Gasteiger partial charge in [-0.1, -0.05) is 19.1 Å². The van der Waals surface area contributed by atoms with Crippen LogP contribution in [0, 0.1) is 17.6 Å². The van der Waals surface area contributed by atoms with Crippen molar-refractivity contribution in [3.63, 3.8) is 0 Å². The summed E-state index contributed by atoms with van der Waals surface area (Å²) in [5, 5.41) is 12.8. The van der Waals surface area contributed by atoms with Crippen molar-refractivity contribution in [3.05, 3.63) is 72.2 Å². The third kappa shape index (κ3) is 4.39. The number of amides is 1. The number of aliphatic hydroxyl groups is 1. The second kappa shape index (κ2) is 8.77. The summed E-state index contributed by atoms with van der Waals surface area (Å²) in [5.74, 6) is -1.81. The van der Waals surface area contributed by atoms with E-state index in [0.29, 0.717) is 25.2 Å². The van der Waals surface area contributed by atoms with Gasteiger partial charge in [0.25, 0.3) is 5.91 Å². The van der Waals surface area contributed by atoms with Crippen molar-refractivity contribution >= 4 is 17.3 Å². The fourth-order valence-electron chi connectivity index (χ4n) is 3.71. The molecule has 1 fully saturated rings. The van der Waals surface area contributed by atoms with E-state index in [4.69, 9.17) is 0 Å². The molecule has 31 heavy (non-hydrogen) atoms. The van der Waals surface area contributed by atoms with E-state index in [0.717, 1.165) is 11.8 Å². The summed E-state index contributed by atoms with van der Waals surface area (Å²) in [5.41, 5.74) is 0.971. The third-order valence-corrected chi connectivity index (χ3v) is 5.45. The zero-order chi connectivity index (χ0) is 22.0. The van der Waals surface area contributed by atoms with Crippen LogP contribution in [0.3, 0.4) is 0 Å². The average Bonchev–Trinajstić information content (AvgIpc) is 2.77. The molecule has 1 saturated heterocycles. The minimum Gasteiger partial charge on any atom is -0.393 e. The van der Waals surface area contributed by atoms with Crippen LogP contribution in [0.2, 0.25) is 0 Å². The summed E-state index contributed by atoms with van der Waals surface area (Å²) in [6.45, 7) is 3.26. The maximum atomic E-state index is 14.3. The van der Waals surface area contributed by atoms with Gasteiger partial charge in [0.1, 0.15) is 23.0 Å². The number of carbonyl (C=O) groups excluding carboxylic acids is 1. The first-order chi connectivity index (χ1) is 14.9. The molecular weight excluding hydrogens is 402 g/mol. The van der Waals surface area contributed by atoms with Crippen LogP contribution in [0.15, 0.2) is 54.9 Å². The first-order valence-electron chi connectivity index (χ1n) is 10.0. The van der Waals surface area contributed by atoms with Gasteiger partial charge in [-0.3, -0.25) is 9.78 Å². The lowest BCUT2D eigenvalue weighted by Gasteiger charge is -2.36. The first kappa shape index (κ1) is 20.9. The molecule has 0 aliphatic carbocycles. The summed E-state index contributed by atoms with van der Waals surface area (Å²) < 4.78 is 28.4. The third-order valence-electron chi connectivity index (χ3n) is 5.45. The lowest BCUT2D eigenvalue weighted by molar-refractivity contribution is 0.0969. The number of aliphatic hydroxyl groups excluding tert-OH is 1. The summed E-state index contributed by atoms with van der Waals surface area (Å²) in [6.07, 6.45) is 3.44. The molecule has 0 unspecified atom stereocenters. The van der Waals surface area contributed by atoms with Crippen LogP contribution >= 0.6 is 0 Å². The van der Waals surface area contributed by atoms with Crippen molar-refractivity contribution in [1.29, 1.82) is 0 Å². The molecule has 2 N–H and O–H groups in total. The highest BCUT2D eigenvalue weighted by Gasteiger charge is 2.26. The zero-order valence-electron chi connectivity index (χ0n) is 16.9. The molecule has 0 bridgehead atoms. The van der Waals surface area contributed by atoms with Crippen LogP contribution < -0.4 is 10.2 Å². The van der Waals surface area contributed by atoms with E-state index in [9.17, 15) is 18.7 Å². The highest BCUT2D eigenvalue weighted by molar-refractivity contribution is 6.04. The Hall–Kier alpha value is -3.39. The second-order valence-corrected chi connectivity index (χ2v) is 7.63. The van der Waals surface area contributed by atoms with Crippen molar-refractivity contribution in [2.75, 3.05) is 23.3 Å². The molecule has 1 aromatic carbocycles. The number of halogens is 2. The summed E-state index contributed by atoms with van der Waals surface area (Å²) in [6, 6.07) is 9.84. The van der Waals surface area contributed by atoms with Gasteiger partial charge < -0.3 is 15.3 Å². The number of piperidine rings is 1. The molecule has 1 amide bonds. The van der Waals surface area contributed by atoms with Gasteiger partial charge in [-0.15, -0.1) is 0 Å². The van der Waals surface area contributed by atoms with Gasteiger partial charge in [0.2, 0.25) is 0 Å². The van der Waals surface area contributed by atoms with E-state index in [1.807, 2.05) is 6.92 Å². The minimum absolute atomic E-state index is 0.0161. The monoisotopic (exact) mass is 424 g/mol. The van der Waals surface area contributed by atoms with Crippen LogP contribution in [0.4, 0.5) is 20.2 Å². The van der Waals surface area contributed by atoms with E-state index in [1.54, 1.807) is 18.3 Å². The summed E-state index contributed by atoms with van der Waals surface area (Å²) >= 11 is 0. The van der Waals surface area contributed by atoms with E-state index in [2.05, 4.69) is 20.2 Å². The normalized spacial score (nSPS) is 18.6. The number of pyridine rings is 2. The maximum Gasteiger partial charge on any atom is 0.274 e. The predicted molar refractivity (Wildman–Crippen MR) is 114 cm³/mol. The number of rotatable bonds is 4. The molecule has 2 aromatic heterocycles. The Balaban J connectivity index is 1.60. The smallest absolute Gasteiger partial charge is 0.274 e. The topological polar surface area (TPSA) is 78.4 Å². The van der Waals surface area contributed by atoms with Crippen LogP contribution in [0.5, 0.6) is 0 Å². The van der Waals surface area contributed by atoms with E-state index in [1.165, 1.54) is 30.5 Å². The highest BCUT2D eigenvalue weighted by Crippen LogP contribution is 2.30. The van der Waals surface area contributed by atoms with Crippen LogP contribution in [0.1, 0.15) is 23.8 Å². The first-order valence-corrected chi connectivity index (χ1v) is 10.0. The molecule has 0 saturated carbocycles. The number of hydrogen-bond donors (Lipinski definition) is 2. The number of nitrogens with one attached hydrogen (secondary N) is 1. The van der Waals surface area contributed by atoms with Gasteiger partial charge in [-0.05, 0) is 42.7 Å². The Morgan fingerprint density at radius 3 is 2.74 bits per heavy atom. The molecule has 3 heterocycles. The van der Waals surface area contributed by atoms with E-state index < -0.39 is 17.5 Å². The molecule has 1 aliphatic rings. The maximum absolute atomic E-state index is 14.3. The van der Waals surface area contributed by atoms with Crippen molar-refractivity contribution in [1.82, 2.24) is 9.97 Å². The predicted octanol–water partition coefficient (Wildman–Crippen LogP) is 3.88. The van der Waals surface area contributed by atoms with Crippen LogP contribution in [-0.2, 0) is 0 Å². The Morgan fingerprint density at radius 2 is 1.97 bits per heavy atom. The zero-order valence-corrected chi connectivity index (χ0v) is 16.9. The van der Waals surface area contributed by atoms with Crippen LogP contribution in [-0.4, -0.2) is 40.2 Å². The standard InChI is InChI=1S/C23H22F2N4O2/c1-14-13-29(11-9-21(14)30)20-8-10-26-12-19(20)28-23(31)18-7-6-17(25)22(27-18)15-4-2-3-5-16(15)24/h2-8,10,12,14,21,30H,9,11,13H2,1H3,(H,28,31)/t14-,21-/m0/s1. The molecule has 0 radical (unpaired) electrons. The Bertz CT molecular complexity index is 1110. The number of aromatic nitrogens is 2. The lowest BCUT2D eigenvalue weighted by atomic mass is 9.96. The number of hydrogen-bond acceptors (Lipinski definition) is 5. The average molecular weight is 424 g/mol. The second-order valence-electron chi connectivity index (χ2n) is 7.63. The summed E-state index contributed by atoms with van der Waals surface area (Å²) in [4.78, 5) is 23.1. The van der Waals surface area contributed by atoms with Gasteiger partial charge in [0.15, 0.2) is 0 Å². The fourth-order valence-corrected chi connectivity index (χ4v) is 3.71. The Labute approximate surface area is 178 Å². The van der Waals surface area contributed by atoms with Gasteiger partial charge >= 0.3 is 0 Å². The molecule has 6 nitrogen and oxygen atoms in total. The quantitative estimate of drug-likeness (QED) is 0.665. The molecule has 2 atom stereocenters. The Morgan fingerprint density at radius 1 is 1.16 bits per heavy atom. The summed E-state index contributed by atoms with van der Waals surface area (Å²) in [7, 11) is 0. The van der Waals surface area contributed by atoms with Crippen molar-refractivity contribution < 1.29 is 18.7 Å². The number of benzene rings is 1. The van der Waals surface area contributed by atoms with Crippen LogP contribution in [0.25, 0.3) is 11.3 Å². The minimum atomic E-state index is -0.718. The van der Waals surface area contributed by atoms with E-state index in [-0.39, 0.29) is 29.0 Å². The lowest BCUT2D eigenvalue weighted by Crippen LogP contribution is -2.42. The molecular formula is C23H22F2N4O2. The molecule has 8 heteroatoms. The SMILES string of the molecule is C[C@H]1CN(c2ccncc2NC(=O)c2ccc(F)c(-c3ccccc3F)n2)CC[C@@H]1O. The molecule has 3 aromatic rings. The van der Waals surface area contributed by atoms with Gasteiger partial charge in [-0.2, -0.15) is 0 Å². The van der Waals surface area contributed by atoms with Crippen molar-refractivity contribution in [3.8, 4) is 11.3 Å². The van der Waals surface area contributed by atoms with Crippen molar-refractivity contribution in [2.24, 2.45) is 5.92 Å². The number of carbonyl (C=O) groups is 1. The Kier molecular flexibility index (Phi) is 5.90. The van der Waals surface area contributed by atoms with Gasteiger partial charge in [-0.25, -0.2) is 13.8 Å². The number of nitrogens with zero attached hydrogens (tertiary/aromatic N) is 3. The highest BCUT2D eigenvalue weighted by atomic mass is 19.1. The molecule has 1 aliphatic heterocycles. The molecule has 0 spiro atoms. The van der Waals surface area contributed by atoms with E-state index >= 15 is 0 Å². The molecule has 4 rings (SSSR count). The van der Waals surface area contributed by atoms with Gasteiger partial charge in [0, 0.05) is 24.8 Å². The molecule has 160 valence electrons. The van der Waals surface area contributed by atoms with Crippen molar-refractivity contribution in [2.45, 2.75) is 19.4 Å². The largest absolute Gasteiger partial charge is 0.393 e. The number of anilines is 2. The fraction of sp³-hybridized carbons (Fsp3) is 0.261. The van der Waals surface area contributed by atoms with Gasteiger partial charge in [0.05, 0.1) is 23.7 Å².